The maximum absolute atomic E-state index is 12.7. The zero-order valence-corrected chi connectivity index (χ0v) is 15.7. The lowest BCUT2D eigenvalue weighted by Gasteiger charge is -2.27. The van der Waals surface area contributed by atoms with Gasteiger partial charge in [-0.1, -0.05) is 0 Å². The average molecular weight is 365 g/mol. The molecule has 1 aliphatic carbocycles. The van der Waals surface area contributed by atoms with E-state index in [0.717, 1.165) is 41.7 Å². The highest BCUT2D eigenvalue weighted by atomic mass is 16.3. The Balaban J connectivity index is 1.51. The summed E-state index contributed by atoms with van der Waals surface area (Å²) in [5, 5.41) is 4.79. The molecule has 0 bridgehead atoms. The van der Waals surface area contributed by atoms with Crippen LogP contribution in [0.5, 0.6) is 0 Å². The number of furan rings is 1. The maximum atomic E-state index is 12.7. The van der Waals surface area contributed by atoms with E-state index in [9.17, 15) is 4.79 Å². The molecule has 7 heteroatoms. The molecule has 2 aliphatic rings. The summed E-state index contributed by atoms with van der Waals surface area (Å²) in [5.41, 5.74) is 4.35. The van der Waals surface area contributed by atoms with Gasteiger partial charge in [-0.05, 0) is 37.8 Å². The minimum absolute atomic E-state index is 0.0713. The Kier molecular flexibility index (Phi) is 3.70. The second-order valence-electron chi connectivity index (χ2n) is 7.63. The van der Waals surface area contributed by atoms with Gasteiger partial charge < -0.3 is 13.9 Å². The van der Waals surface area contributed by atoms with Crippen LogP contribution in [-0.2, 0) is 26.6 Å². The molecule has 1 amide bonds. The number of nitrogens with zero attached hydrogens (tertiary/aromatic N) is 5. The predicted octanol–water partition coefficient (Wildman–Crippen LogP) is 2.79. The molecule has 3 aromatic rings. The van der Waals surface area contributed by atoms with Gasteiger partial charge in [-0.2, -0.15) is 5.10 Å². The van der Waals surface area contributed by atoms with E-state index in [1.54, 1.807) is 12.1 Å². The molecule has 0 N–H and O–H groups in total. The molecule has 0 radical (unpaired) electrons. The van der Waals surface area contributed by atoms with E-state index >= 15 is 0 Å². The van der Waals surface area contributed by atoms with E-state index in [4.69, 9.17) is 9.52 Å². The van der Waals surface area contributed by atoms with Crippen LogP contribution in [0.2, 0.25) is 0 Å². The van der Waals surface area contributed by atoms with Crippen LogP contribution in [0.1, 0.15) is 40.3 Å². The molecule has 7 nitrogen and oxygen atoms in total. The monoisotopic (exact) mass is 365 g/mol. The summed E-state index contributed by atoms with van der Waals surface area (Å²) in [6, 6.07) is 3.46. The number of amides is 1. The molecule has 1 aliphatic heterocycles. The first-order valence-corrected chi connectivity index (χ1v) is 9.52. The Morgan fingerprint density at radius 3 is 2.96 bits per heavy atom. The SMILES string of the molecule is Cc1cnc(-c2nn(C)c3c2CN(C(=O)c2ccco2)CC3)n1CC1CC1. The first-order valence-electron chi connectivity index (χ1n) is 9.52. The van der Waals surface area contributed by atoms with E-state index in [1.165, 1.54) is 24.8 Å². The number of aryl methyl sites for hydroxylation is 2. The molecule has 0 atom stereocenters. The lowest BCUT2D eigenvalue weighted by atomic mass is 10.0. The fraction of sp³-hybridized carbons (Fsp3) is 0.450. The topological polar surface area (TPSA) is 69.1 Å². The van der Waals surface area contributed by atoms with Crippen molar-refractivity contribution in [2.24, 2.45) is 13.0 Å². The highest BCUT2D eigenvalue weighted by Gasteiger charge is 2.31. The lowest BCUT2D eigenvalue weighted by molar-refractivity contribution is 0.0701. The van der Waals surface area contributed by atoms with Crippen LogP contribution in [0.3, 0.4) is 0 Å². The quantitative estimate of drug-likeness (QED) is 0.713. The molecule has 3 aromatic heterocycles. The van der Waals surface area contributed by atoms with E-state index in [0.29, 0.717) is 18.8 Å². The molecule has 1 saturated carbocycles. The van der Waals surface area contributed by atoms with Crippen LogP contribution < -0.4 is 0 Å². The van der Waals surface area contributed by atoms with Gasteiger partial charge in [-0.15, -0.1) is 0 Å². The fourth-order valence-electron chi connectivity index (χ4n) is 3.94. The Labute approximate surface area is 157 Å². The molecule has 4 heterocycles. The van der Waals surface area contributed by atoms with Gasteiger partial charge in [-0.3, -0.25) is 9.48 Å². The summed E-state index contributed by atoms with van der Waals surface area (Å²) >= 11 is 0. The summed E-state index contributed by atoms with van der Waals surface area (Å²) in [6.07, 6.45) is 6.84. The van der Waals surface area contributed by atoms with Gasteiger partial charge in [0.05, 0.1) is 12.8 Å². The van der Waals surface area contributed by atoms with Gasteiger partial charge in [0.15, 0.2) is 11.6 Å². The van der Waals surface area contributed by atoms with Crippen LogP contribution in [0.25, 0.3) is 11.5 Å². The number of hydrogen-bond acceptors (Lipinski definition) is 4. The summed E-state index contributed by atoms with van der Waals surface area (Å²) in [6.45, 7) is 4.30. The van der Waals surface area contributed by atoms with Crippen molar-refractivity contribution in [2.75, 3.05) is 6.54 Å². The summed E-state index contributed by atoms with van der Waals surface area (Å²) < 4.78 is 9.54. The largest absolute Gasteiger partial charge is 0.459 e. The molecule has 0 unspecified atom stereocenters. The zero-order valence-electron chi connectivity index (χ0n) is 15.7. The van der Waals surface area contributed by atoms with E-state index in [1.807, 2.05) is 22.8 Å². The van der Waals surface area contributed by atoms with Gasteiger partial charge >= 0.3 is 0 Å². The molecule has 140 valence electrons. The molecule has 1 fully saturated rings. The molecular weight excluding hydrogens is 342 g/mol. The molecule has 27 heavy (non-hydrogen) atoms. The number of carbonyl (C=O) groups is 1. The van der Waals surface area contributed by atoms with Crippen molar-refractivity contribution >= 4 is 5.91 Å². The van der Waals surface area contributed by atoms with Crippen molar-refractivity contribution < 1.29 is 9.21 Å². The molecule has 5 rings (SSSR count). The van der Waals surface area contributed by atoms with E-state index < -0.39 is 0 Å². The number of aromatic nitrogens is 4. The first-order chi connectivity index (χ1) is 13.1. The Bertz CT molecular complexity index is 994. The Morgan fingerprint density at radius 2 is 2.22 bits per heavy atom. The predicted molar refractivity (Wildman–Crippen MR) is 99.0 cm³/mol. The highest BCUT2D eigenvalue weighted by Crippen LogP contribution is 2.35. The third kappa shape index (κ3) is 2.78. The normalized spacial score (nSPS) is 16.6. The third-order valence-corrected chi connectivity index (χ3v) is 5.67. The minimum atomic E-state index is -0.0713. The molecule has 0 saturated heterocycles. The summed E-state index contributed by atoms with van der Waals surface area (Å²) in [7, 11) is 1.98. The zero-order chi connectivity index (χ0) is 18.5. The number of rotatable bonds is 4. The van der Waals surface area contributed by atoms with Crippen LogP contribution in [0.4, 0.5) is 0 Å². The van der Waals surface area contributed by atoms with Gasteiger partial charge in [-0.25, -0.2) is 4.98 Å². The number of fused-ring (bicyclic) bond motifs is 1. The average Bonchev–Trinajstić information content (AvgIpc) is 3.04. The maximum Gasteiger partial charge on any atom is 0.289 e. The van der Waals surface area contributed by atoms with Crippen molar-refractivity contribution in [1.29, 1.82) is 0 Å². The minimum Gasteiger partial charge on any atom is -0.459 e. The molecule has 0 spiro atoms. The van der Waals surface area contributed by atoms with Crippen molar-refractivity contribution in [1.82, 2.24) is 24.2 Å². The van der Waals surface area contributed by atoms with Gasteiger partial charge in [0.1, 0.15) is 5.69 Å². The summed E-state index contributed by atoms with van der Waals surface area (Å²) in [4.78, 5) is 19.2. The van der Waals surface area contributed by atoms with Gasteiger partial charge in [0.25, 0.3) is 5.91 Å². The molecule has 0 aromatic carbocycles. The standard InChI is InChI=1S/C20H23N5O2/c1-13-10-21-19(25(13)11-14-5-6-14)18-15-12-24(8-7-16(15)23(2)22-18)20(26)17-4-3-9-27-17/h3-4,9-10,14H,5-8,11-12H2,1-2H3. The van der Waals surface area contributed by atoms with Crippen LogP contribution in [0.15, 0.2) is 29.0 Å². The van der Waals surface area contributed by atoms with Crippen molar-refractivity contribution in [3.63, 3.8) is 0 Å². The highest BCUT2D eigenvalue weighted by molar-refractivity contribution is 5.91. The third-order valence-electron chi connectivity index (χ3n) is 5.67. The van der Waals surface area contributed by atoms with E-state index in [2.05, 4.69) is 16.5 Å². The van der Waals surface area contributed by atoms with Crippen LogP contribution in [0, 0.1) is 12.8 Å². The Morgan fingerprint density at radius 1 is 1.37 bits per heavy atom. The van der Waals surface area contributed by atoms with Crippen molar-refractivity contribution in [3.05, 3.63) is 47.3 Å². The van der Waals surface area contributed by atoms with Crippen LogP contribution >= 0.6 is 0 Å². The fourth-order valence-corrected chi connectivity index (χ4v) is 3.94. The smallest absolute Gasteiger partial charge is 0.289 e. The second-order valence-corrected chi connectivity index (χ2v) is 7.63. The van der Waals surface area contributed by atoms with Gasteiger partial charge in [0, 0.05) is 49.7 Å². The molecular formula is C20H23N5O2. The van der Waals surface area contributed by atoms with E-state index in [-0.39, 0.29) is 5.91 Å². The second kappa shape index (κ2) is 6.11. The number of imidazole rings is 1. The van der Waals surface area contributed by atoms with Crippen LogP contribution in [-0.4, -0.2) is 36.7 Å². The lowest BCUT2D eigenvalue weighted by Crippen LogP contribution is -2.36. The number of carbonyl (C=O) groups excluding carboxylic acids is 1. The Hall–Kier alpha value is -2.83. The number of hydrogen-bond donors (Lipinski definition) is 0. The first kappa shape index (κ1) is 16.4. The summed E-state index contributed by atoms with van der Waals surface area (Å²) in [5.74, 6) is 1.99. The van der Waals surface area contributed by atoms with Crippen molar-refractivity contribution in [3.8, 4) is 11.5 Å². The van der Waals surface area contributed by atoms with Gasteiger partial charge in [0.2, 0.25) is 0 Å². The van der Waals surface area contributed by atoms with Crippen molar-refractivity contribution in [2.45, 2.75) is 39.3 Å².